The Bertz CT molecular complexity index is 408. The number of hydrogen-bond acceptors (Lipinski definition) is 3. The van der Waals surface area contributed by atoms with E-state index in [0.717, 1.165) is 36.9 Å². The monoisotopic (exact) mass is 248 g/mol. The van der Waals surface area contributed by atoms with Crippen molar-refractivity contribution in [1.29, 1.82) is 0 Å². The van der Waals surface area contributed by atoms with Gasteiger partial charge in [0.05, 0.1) is 18.6 Å². The van der Waals surface area contributed by atoms with E-state index in [9.17, 15) is 9.90 Å². The van der Waals surface area contributed by atoms with E-state index >= 15 is 0 Å². The van der Waals surface area contributed by atoms with Crippen LogP contribution in [-0.2, 0) is 11.2 Å². The first-order chi connectivity index (χ1) is 8.63. The quantitative estimate of drug-likeness (QED) is 0.845. The molecule has 1 fully saturated rings. The van der Waals surface area contributed by atoms with Crippen molar-refractivity contribution in [3.63, 3.8) is 0 Å². The second kappa shape index (κ2) is 5.48. The molecule has 4 nitrogen and oxygen atoms in total. The van der Waals surface area contributed by atoms with Gasteiger partial charge < -0.3 is 10.4 Å². The number of aromatic nitrogens is 1. The SMILES string of the molecule is Cc1ccc(CC(=O)NC2(CO)CCCC2)cn1. The normalized spacial score (nSPS) is 17.7. The van der Waals surface area contributed by atoms with Crippen LogP contribution in [0.1, 0.15) is 36.9 Å². The third kappa shape index (κ3) is 3.07. The molecule has 0 aromatic carbocycles. The summed E-state index contributed by atoms with van der Waals surface area (Å²) in [5.74, 6) is -0.0309. The highest BCUT2D eigenvalue weighted by Gasteiger charge is 2.34. The van der Waals surface area contributed by atoms with Crippen LogP contribution in [-0.4, -0.2) is 28.1 Å². The average molecular weight is 248 g/mol. The standard InChI is InChI=1S/C14H20N2O2/c1-11-4-5-12(9-15-11)8-13(18)16-14(10-17)6-2-3-7-14/h4-5,9,17H,2-3,6-8,10H2,1H3,(H,16,18). The van der Waals surface area contributed by atoms with E-state index in [1.807, 2.05) is 19.1 Å². The molecule has 4 heteroatoms. The number of pyridine rings is 1. The Balaban J connectivity index is 1.94. The van der Waals surface area contributed by atoms with Gasteiger partial charge in [-0.25, -0.2) is 0 Å². The predicted octanol–water partition coefficient (Wildman–Crippen LogP) is 1.35. The molecule has 1 aliphatic rings. The lowest BCUT2D eigenvalue weighted by Crippen LogP contribution is -2.49. The number of carbonyl (C=O) groups is 1. The van der Waals surface area contributed by atoms with Gasteiger partial charge >= 0.3 is 0 Å². The summed E-state index contributed by atoms with van der Waals surface area (Å²) in [6.07, 6.45) is 5.97. The maximum Gasteiger partial charge on any atom is 0.224 e. The van der Waals surface area contributed by atoms with Crippen LogP contribution >= 0.6 is 0 Å². The van der Waals surface area contributed by atoms with Crippen molar-refractivity contribution in [3.8, 4) is 0 Å². The molecule has 0 spiro atoms. The molecule has 0 saturated heterocycles. The lowest BCUT2D eigenvalue weighted by molar-refractivity contribution is -0.122. The van der Waals surface area contributed by atoms with E-state index in [1.54, 1.807) is 6.20 Å². The molecular weight excluding hydrogens is 228 g/mol. The lowest BCUT2D eigenvalue weighted by Gasteiger charge is -2.28. The third-order valence-electron chi connectivity index (χ3n) is 3.61. The maximum atomic E-state index is 12.0. The topological polar surface area (TPSA) is 62.2 Å². The number of amides is 1. The summed E-state index contributed by atoms with van der Waals surface area (Å²) in [5, 5.41) is 12.4. The Labute approximate surface area is 107 Å². The van der Waals surface area contributed by atoms with Crippen LogP contribution in [0.3, 0.4) is 0 Å². The Kier molecular flexibility index (Phi) is 3.97. The molecule has 1 heterocycles. The molecule has 18 heavy (non-hydrogen) atoms. The van der Waals surface area contributed by atoms with Crippen molar-refractivity contribution in [3.05, 3.63) is 29.6 Å². The zero-order valence-electron chi connectivity index (χ0n) is 10.8. The van der Waals surface area contributed by atoms with Crippen molar-refractivity contribution >= 4 is 5.91 Å². The second-order valence-corrected chi connectivity index (χ2v) is 5.18. The van der Waals surface area contributed by atoms with Crippen LogP contribution in [0, 0.1) is 6.92 Å². The van der Waals surface area contributed by atoms with Gasteiger partial charge in [-0.2, -0.15) is 0 Å². The lowest BCUT2D eigenvalue weighted by atomic mass is 9.98. The fourth-order valence-electron chi connectivity index (χ4n) is 2.50. The van der Waals surface area contributed by atoms with Crippen molar-refractivity contribution in [2.75, 3.05) is 6.61 Å². The van der Waals surface area contributed by atoms with Gasteiger partial charge in [0.2, 0.25) is 5.91 Å². The molecule has 0 unspecified atom stereocenters. The second-order valence-electron chi connectivity index (χ2n) is 5.18. The molecule has 98 valence electrons. The van der Waals surface area contributed by atoms with Gasteiger partial charge in [0, 0.05) is 11.9 Å². The molecule has 1 aliphatic carbocycles. The first kappa shape index (κ1) is 13.0. The van der Waals surface area contributed by atoms with Gasteiger partial charge in [-0.1, -0.05) is 18.9 Å². The number of aliphatic hydroxyl groups excluding tert-OH is 1. The minimum Gasteiger partial charge on any atom is -0.394 e. The summed E-state index contributed by atoms with van der Waals surface area (Å²) in [7, 11) is 0. The summed E-state index contributed by atoms with van der Waals surface area (Å²) >= 11 is 0. The van der Waals surface area contributed by atoms with Gasteiger partial charge in [-0.05, 0) is 31.4 Å². The molecule has 2 N–H and O–H groups in total. The predicted molar refractivity (Wildman–Crippen MR) is 69.1 cm³/mol. The minimum absolute atomic E-state index is 0.0309. The van der Waals surface area contributed by atoms with E-state index in [-0.39, 0.29) is 18.1 Å². The van der Waals surface area contributed by atoms with E-state index in [4.69, 9.17) is 0 Å². The molecule has 0 radical (unpaired) electrons. The van der Waals surface area contributed by atoms with Gasteiger partial charge in [-0.15, -0.1) is 0 Å². The minimum atomic E-state index is -0.380. The summed E-state index contributed by atoms with van der Waals surface area (Å²) in [6.45, 7) is 1.95. The van der Waals surface area contributed by atoms with Gasteiger partial charge in [0.25, 0.3) is 0 Å². The first-order valence-corrected chi connectivity index (χ1v) is 6.47. The molecule has 0 bridgehead atoms. The third-order valence-corrected chi connectivity index (χ3v) is 3.61. The number of hydrogen-bond donors (Lipinski definition) is 2. The number of carbonyl (C=O) groups excluding carboxylic acids is 1. The molecule has 1 amide bonds. The zero-order chi connectivity index (χ0) is 13.0. The smallest absolute Gasteiger partial charge is 0.224 e. The Morgan fingerprint density at radius 2 is 2.17 bits per heavy atom. The highest BCUT2D eigenvalue weighted by atomic mass is 16.3. The molecule has 1 aromatic heterocycles. The van der Waals surface area contributed by atoms with Crippen LogP contribution in [0.4, 0.5) is 0 Å². The highest BCUT2D eigenvalue weighted by molar-refractivity contribution is 5.79. The van der Waals surface area contributed by atoms with Crippen molar-refractivity contribution < 1.29 is 9.90 Å². The average Bonchev–Trinajstić information content (AvgIpc) is 2.81. The number of rotatable bonds is 4. The number of aliphatic hydroxyl groups is 1. The largest absolute Gasteiger partial charge is 0.394 e. The van der Waals surface area contributed by atoms with Crippen LogP contribution in [0.15, 0.2) is 18.3 Å². The molecule has 2 rings (SSSR count). The molecule has 1 aromatic rings. The molecule has 1 saturated carbocycles. The zero-order valence-corrected chi connectivity index (χ0v) is 10.8. The fourth-order valence-corrected chi connectivity index (χ4v) is 2.50. The number of nitrogens with zero attached hydrogens (tertiary/aromatic N) is 1. The Morgan fingerprint density at radius 1 is 1.44 bits per heavy atom. The molecule has 0 aliphatic heterocycles. The van der Waals surface area contributed by atoms with E-state index in [0.29, 0.717) is 6.42 Å². The van der Waals surface area contributed by atoms with E-state index < -0.39 is 0 Å². The van der Waals surface area contributed by atoms with Crippen molar-refractivity contribution in [2.24, 2.45) is 0 Å². The summed E-state index contributed by atoms with van der Waals surface area (Å²) < 4.78 is 0. The Hall–Kier alpha value is -1.42. The van der Waals surface area contributed by atoms with E-state index in [1.165, 1.54) is 0 Å². The first-order valence-electron chi connectivity index (χ1n) is 6.47. The fraction of sp³-hybridized carbons (Fsp3) is 0.571. The van der Waals surface area contributed by atoms with Gasteiger partial charge in [-0.3, -0.25) is 9.78 Å². The number of nitrogens with one attached hydrogen (secondary N) is 1. The van der Waals surface area contributed by atoms with E-state index in [2.05, 4.69) is 10.3 Å². The summed E-state index contributed by atoms with van der Waals surface area (Å²) in [6, 6.07) is 3.82. The van der Waals surface area contributed by atoms with Crippen LogP contribution in [0.2, 0.25) is 0 Å². The van der Waals surface area contributed by atoms with Crippen molar-refractivity contribution in [1.82, 2.24) is 10.3 Å². The summed E-state index contributed by atoms with van der Waals surface area (Å²) in [4.78, 5) is 16.1. The van der Waals surface area contributed by atoms with Crippen LogP contribution < -0.4 is 5.32 Å². The van der Waals surface area contributed by atoms with Crippen molar-refractivity contribution in [2.45, 2.75) is 44.6 Å². The maximum absolute atomic E-state index is 12.0. The Morgan fingerprint density at radius 3 is 2.72 bits per heavy atom. The molecular formula is C14H20N2O2. The van der Waals surface area contributed by atoms with Gasteiger partial charge in [0.15, 0.2) is 0 Å². The number of aryl methyl sites for hydroxylation is 1. The van der Waals surface area contributed by atoms with Crippen LogP contribution in [0.5, 0.6) is 0 Å². The summed E-state index contributed by atoms with van der Waals surface area (Å²) in [5.41, 5.74) is 1.47. The highest BCUT2D eigenvalue weighted by Crippen LogP contribution is 2.29. The van der Waals surface area contributed by atoms with Crippen LogP contribution in [0.25, 0.3) is 0 Å². The molecule has 0 atom stereocenters. The van der Waals surface area contributed by atoms with Gasteiger partial charge in [0.1, 0.15) is 0 Å².